The van der Waals surface area contributed by atoms with E-state index in [0.29, 0.717) is 0 Å². The van der Waals surface area contributed by atoms with E-state index in [1.165, 1.54) is 0 Å². The third-order valence-electron chi connectivity index (χ3n) is 2.41. The predicted molar refractivity (Wildman–Crippen MR) is 69.8 cm³/mol. The van der Waals surface area contributed by atoms with E-state index in [0.717, 1.165) is 22.5 Å². The molecule has 1 nitrogen and oxygen atoms in total. The number of hydrogen-bond donors (Lipinski definition) is 0. The minimum absolute atomic E-state index is 0.875. The molecule has 0 bridgehead atoms. The number of para-hydroxylation sites is 2. The summed E-state index contributed by atoms with van der Waals surface area (Å²) in [6.45, 7) is 7.90. The van der Waals surface area contributed by atoms with Gasteiger partial charge in [-0.25, -0.2) is 0 Å². The molecule has 0 aliphatic heterocycles. The first kappa shape index (κ1) is 11.0. The fourth-order valence-electron chi connectivity index (χ4n) is 1.53. The van der Waals surface area contributed by atoms with Crippen molar-refractivity contribution in [2.75, 3.05) is 4.42 Å². The Morgan fingerprint density at radius 1 is 0.750 bits per heavy atom. The fraction of sp³-hybridized carbons (Fsp3) is 0. The lowest BCUT2D eigenvalue weighted by molar-refractivity contribution is 1.37. The molecule has 2 aromatic rings. The molecule has 0 heterocycles. The summed E-state index contributed by atoms with van der Waals surface area (Å²) in [5, 5.41) is 0. The molecule has 0 spiro atoms. The van der Waals surface area contributed by atoms with E-state index in [2.05, 4.69) is 13.8 Å². The summed E-state index contributed by atoms with van der Waals surface area (Å²) in [4.78, 5) is 0. The molecule has 0 saturated carbocycles. The molecule has 0 aliphatic rings. The standard InChI is InChI=1S/C14H12ClN/c1-11-7-3-5-9-13(11)16(15)14-10-6-4-8-12(14)2/h3-10H,1-2H2. The van der Waals surface area contributed by atoms with Crippen molar-refractivity contribution < 1.29 is 0 Å². The quantitative estimate of drug-likeness (QED) is 0.693. The van der Waals surface area contributed by atoms with Gasteiger partial charge in [0.1, 0.15) is 0 Å². The van der Waals surface area contributed by atoms with E-state index in [-0.39, 0.29) is 0 Å². The maximum atomic E-state index is 6.30. The average Bonchev–Trinajstić information content (AvgIpc) is 2.29. The average molecular weight is 230 g/mol. The molecule has 2 radical (unpaired) electrons. The minimum Gasteiger partial charge on any atom is -0.253 e. The number of benzene rings is 2. The van der Waals surface area contributed by atoms with Crippen LogP contribution in [0.5, 0.6) is 0 Å². The van der Waals surface area contributed by atoms with Gasteiger partial charge in [-0.05, 0) is 37.1 Å². The van der Waals surface area contributed by atoms with Gasteiger partial charge < -0.3 is 0 Å². The van der Waals surface area contributed by atoms with Gasteiger partial charge in [-0.15, -0.1) is 0 Å². The molecule has 16 heavy (non-hydrogen) atoms. The Bertz CT molecular complexity index is 448. The zero-order valence-electron chi connectivity index (χ0n) is 8.86. The highest BCUT2D eigenvalue weighted by atomic mass is 35.5. The molecular formula is C14H12ClN. The summed E-state index contributed by atoms with van der Waals surface area (Å²) in [5.74, 6) is 0. The van der Waals surface area contributed by atoms with Crippen LogP contribution in [0.2, 0.25) is 0 Å². The van der Waals surface area contributed by atoms with Crippen molar-refractivity contribution >= 4 is 23.2 Å². The second kappa shape index (κ2) is 4.58. The maximum absolute atomic E-state index is 6.30. The van der Waals surface area contributed by atoms with Gasteiger partial charge in [-0.1, -0.05) is 36.4 Å². The summed E-state index contributed by atoms with van der Waals surface area (Å²) < 4.78 is 1.59. The van der Waals surface area contributed by atoms with Crippen molar-refractivity contribution in [3.8, 4) is 0 Å². The number of rotatable bonds is 2. The molecule has 0 unspecified atom stereocenters. The van der Waals surface area contributed by atoms with Gasteiger partial charge in [-0.2, -0.15) is 0 Å². The van der Waals surface area contributed by atoms with Crippen LogP contribution in [-0.4, -0.2) is 0 Å². The first-order valence-electron chi connectivity index (χ1n) is 4.98. The largest absolute Gasteiger partial charge is 0.253 e. The minimum atomic E-state index is 0.875. The molecule has 2 rings (SSSR count). The molecule has 0 aromatic heterocycles. The molecule has 0 aliphatic carbocycles. The van der Waals surface area contributed by atoms with E-state index in [1.54, 1.807) is 4.42 Å². The molecule has 0 saturated heterocycles. The zero-order valence-corrected chi connectivity index (χ0v) is 9.61. The second-order valence-electron chi connectivity index (χ2n) is 3.54. The fourth-order valence-corrected chi connectivity index (χ4v) is 1.86. The van der Waals surface area contributed by atoms with Crippen LogP contribution >= 0.6 is 11.8 Å². The molecule has 0 N–H and O–H groups in total. The lowest BCUT2D eigenvalue weighted by atomic mass is 10.1. The summed E-state index contributed by atoms with van der Waals surface area (Å²) in [5.41, 5.74) is 3.53. The molecule has 0 amide bonds. The van der Waals surface area contributed by atoms with Gasteiger partial charge in [0, 0.05) is 11.8 Å². The van der Waals surface area contributed by atoms with E-state index in [4.69, 9.17) is 11.8 Å². The summed E-state index contributed by atoms with van der Waals surface area (Å²) in [7, 11) is 0. The van der Waals surface area contributed by atoms with Crippen LogP contribution in [0.4, 0.5) is 11.4 Å². The molecule has 0 atom stereocenters. The first-order valence-corrected chi connectivity index (χ1v) is 5.32. The Kier molecular flexibility index (Phi) is 3.16. The summed E-state index contributed by atoms with van der Waals surface area (Å²) >= 11 is 6.30. The molecule has 0 fully saturated rings. The number of hydrogen-bond acceptors (Lipinski definition) is 1. The molecule has 2 heteroatoms. The number of halogens is 1. The smallest absolute Gasteiger partial charge is 0.0613 e. The number of nitrogens with zero attached hydrogens (tertiary/aromatic N) is 1. The van der Waals surface area contributed by atoms with Crippen molar-refractivity contribution in [1.82, 2.24) is 0 Å². The lowest BCUT2D eigenvalue weighted by Gasteiger charge is -2.19. The van der Waals surface area contributed by atoms with Crippen LogP contribution < -0.4 is 4.42 Å². The van der Waals surface area contributed by atoms with Crippen LogP contribution in [0.1, 0.15) is 11.1 Å². The van der Waals surface area contributed by atoms with Gasteiger partial charge >= 0.3 is 0 Å². The van der Waals surface area contributed by atoms with Crippen molar-refractivity contribution in [1.29, 1.82) is 0 Å². The van der Waals surface area contributed by atoms with Crippen LogP contribution in [0.15, 0.2) is 48.5 Å². The van der Waals surface area contributed by atoms with Crippen molar-refractivity contribution in [3.05, 3.63) is 73.5 Å². The maximum Gasteiger partial charge on any atom is 0.0613 e. The van der Waals surface area contributed by atoms with Gasteiger partial charge in [0.05, 0.1) is 11.4 Å². The van der Waals surface area contributed by atoms with Gasteiger partial charge in [-0.3, -0.25) is 4.42 Å². The van der Waals surface area contributed by atoms with Crippen LogP contribution in [0.25, 0.3) is 0 Å². The monoisotopic (exact) mass is 229 g/mol. The highest BCUT2D eigenvalue weighted by Crippen LogP contribution is 2.32. The first-order chi connectivity index (χ1) is 7.70. The van der Waals surface area contributed by atoms with E-state index < -0.39 is 0 Å². The SMILES string of the molecule is [CH2]c1ccccc1N(Cl)c1ccccc1[CH2]. The van der Waals surface area contributed by atoms with Gasteiger partial charge in [0.25, 0.3) is 0 Å². The third kappa shape index (κ3) is 2.05. The topological polar surface area (TPSA) is 3.24 Å². The van der Waals surface area contributed by atoms with Gasteiger partial charge in [0.2, 0.25) is 0 Å². The Labute approximate surface area is 101 Å². The zero-order chi connectivity index (χ0) is 11.5. The van der Waals surface area contributed by atoms with Crippen molar-refractivity contribution in [2.24, 2.45) is 0 Å². The Balaban J connectivity index is 2.44. The van der Waals surface area contributed by atoms with Crippen molar-refractivity contribution in [2.45, 2.75) is 0 Å². The second-order valence-corrected chi connectivity index (χ2v) is 3.88. The Hall–Kier alpha value is -1.47. The Morgan fingerprint density at radius 2 is 1.12 bits per heavy atom. The number of anilines is 2. The van der Waals surface area contributed by atoms with Crippen LogP contribution in [0.3, 0.4) is 0 Å². The summed E-state index contributed by atoms with van der Waals surface area (Å²) in [6.07, 6.45) is 0. The van der Waals surface area contributed by atoms with Gasteiger partial charge in [0.15, 0.2) is 0 Å². The summed E-state index contributed by atoms with van der Waals surface area (Å²) in [6, 6.07) is 15.5. The van der Waals surface area contributed by atoms with E-state index in [9.17, 15) is 0 Å². The Morgan fingerprint density at radius 3 is 1.50 bits per heavy atom. The lowest BCUT2D eigenvalue weighted by Crippen LogP contribution is -2.04. The van der Waals surface area contributed by atoms with Crippen molar-refractivity contribution in [3.63, 3.8) is 0 Å². The molecule has 2 aromatic carbocycles. The third-order valence-corrected chi connectivity index (χ3v) is 2.77. The predicted octanol–water partition coefficient (Wildman–Crippen LogP) is 4.34. The van der Waals surface area contributed by atoms with E-state index in [1.807, 2.05) is 48.5 Å². The molecule has 80 valence electrons. The van der Waals surface area contributed by atoms with Crippen LogP contribution in [0, 0.1) is 13.8 Å². The van der Waals surface area contributed by atoms with Crippen LogP contribution in [-0.2, 0) is 0 Å². The highest BCUT2D eigenvalue weighted by Gasteiger charge is 2.10. The highest BCUT2D eigenvalue weighted by molar-refractivity contribution is 6.29. The van der Waals surface area contributed by atoms with E-state index >= 15 is 0 Å². The normalized spacial score (nSPS) is 10.2. The molecular weight excluding hydrogens is 218 g/mol.